The zero-order valence-electron chi connectivity index (χ0n) is 10.5. The van der Waals surface area contributed by atoms with Crippen molar-refractivity contribution in [2.45, 2.75) is 50.2 Å². The predicted octanol–water partition coefficient (Wildman–Crippen LogP) is 4.21. The third-order valence-corrected chi connectivity index (χ3v) is 4.35. The highest BCUT2D eigenvalue weighted by molar-refractivity contribution is 6.30. The molecule has 0 radical (unpaired) electrons. The molecule has 1 saturated heterocycles. The van der Waals surface area contributed by atoms with Crippen molar-refractivity contribution in [2.24, 2.45) is 0 Å². The number of benzene rings is 1. The van der Waals surface area contributed by atoms with Gasteiger partial charge in [-0.15, -0.1) is 0 Å². The minimum absolute atomic E-state index is 0.202. The first-order chi connectivity index (χ1) is 8.76. The summed E-state index contributed by atoms with van der Waals surface area (Å²) in [5.74, 6) is 0.871. The molecule has 1 spiro atoms. The molecule has 98 valence electrons. The van der Waals surface area contributed by atoms with Gasteiger partial charge in [0.25, 0.3) is 0 Å². The second-order valence-corrected chi connectivity index (χ2v) is 5.87. The van der Waals surface area contributed by atoms with Crippen LogP contribution in [0.5, 0.6) is 5.75 Å². The van der Waals surface area contributed by atoms with Crippen LogP contribution in [0.15, 0.2) is 24.3 Å². The summed E-state index contributed by atoms with van der Waals surface area (Å²) in [4.78, 5) is 0. The maximum atomic E-state index is 6.20. The van der Waals surface area contributed by atoms with Gasteiger partial charge >= 0.3 is 0 Å². The van der Waals surface area contributed by atoms with Gasteiger partial charge in [-0.05, 0) is 49.9 Å². The Kier molecular flexibility index (Phi) is 3.49. The average Bonchev–Trinajstić information content (AvgIpc) is 3.00. The Morgan fingerprint density at radius 2 is 1.89 bits per heavy atom. The number of hydrogen-bond acceptors (Lipinski definition) is 2. The van der Waals surface area contributed by atoms with E-state index in [9.17, 15) is 0 Å². The third-order valence-electron chi connectivity index (χ3n) is 4.10. The van der Waals surface area contributed by atoms with Crippen LogP contribution >= 0.6 is 11.6 Å². The first-order valence-electron chi connectivity index (χ1n) is 6.82. The molecule has 0 N–H and O–H groups in total. The Morgan fingerprint density at radius 1 is 1.17 bits per heavy atom. The van der Waals surface area contributed by atoms with Gasteiger partial charge in [-0.25, -0.2) is 0 Å². The van der Waals surface area contributed by atoms with Crippen LogP contribution in [0, 0.1) is 0 Å². The van der Waals surface area contributed by atoms with Crippen molar-refractivity contribution in [3.05, 3.63) is 29.3 Å². The van der Waals surface area contributed by atoms with Gasteiger partial charge in [0, 0.05) is 5.02 Å². The molecule has 1 aliphatic heterocycles. The summed E-state index contributed by atoms with van der Waals surface area (Å²) in [6, 6.07) is 7.51. The molecule has 0 bridgehead atoms. The summed E-state index contributed by atoms with van der Waals surface area (Å²) in [5, 5.41) is 0.740. The lowest BCUT2D eigenvalue weighted by Crippen LogP contribution is -2.27. The van der Waals surface area contributed by atoms with Gasteiger partial charge in [0.1, 0.15) is 12.4 Å². The van der Waals surface area contributed by atoms with Gasteiger partial charge in [-0.2, -0.15) is 0 Å². The topological polar surface area (TPSA) is 18.5 Å². The second kappa shape index (κ2) is 5.10. The molecule has 2 fully saturated rings. The van der Waals surface area contributed by atoms with Crippen molar-refractivity contribution < 1.29 is 9.47 Å². The van der Waals surface area contributed by atoms with Gasteiger partial charge in [-0.1, -0.05) is 24.4 Å². The minimum atomic E-state index is 0.202. The Hall–Kier alpha value is -0.730. The van der Waals surface area contributed by atoms with Crippen LogP contribution in [0.1, 0.15) is 38.5 Å². The van der Waals surface area contributed by atoms with Gasteiger partial charge in [0.2, 0.25) is 0 Å². The number of ether oxygens (including phenoxy) is 2. The highest BCUT2D eigenvalue weighted by atomic mass is 35.5. The molecule has 1 aromatic rings. The normalized spacial score (nSPS) is 25.7. The zero-order valence-corrected chi connectivity index (χ0v) is 11.3. The van der Waals surface area contributed by atoms with Crippen molar-refractivity contribution in [1.29, 1.82) is 0 Å². The van der Waals surface area contributed by atoms with Gasteiger partial charge in [-0.3, -0.25) is 0 Å². The maximum absolute atomic E-state index is 6.20. The summed E-state index contributed by atoms with van der Waals surface area (Å²) < 4.78 is 12.0. The fraction of sp³-hybridized carbons (Fsp3) is 0.600. The number of rotatable bonds is 3. The fourth-order valence-corrected chi connectivity index (χ4v) is 3.25. The van der Waals surface area contributed by atoms with Crippen molar-refractivity contribution >= 4 is 11.6 Å². The smallest absolute Gasteiger partial charge is 0.119 e. The van der Waals surface area contributed by atoms with E-state index in [2.05, 4.69) is 0 Å². The van der Waals surface area contributed by atoms with E-state index in [4.69, 9.17) is 21.1 Å². The van der Waals surface area contributed by atoms with Crippen LogP contribution in [0.25, 0.3) is 0 Å². The van der Waals surface area contributed by atoms with Crippen molar-refractivity contribution in [2.75, 3.05) is 6.61 Å². The minimum Gasteiger partial charge on any atom is -0.491 e. The molecule has 0 amide bonds. The van der Waals surface area contributed by atoms with Crippen LogP contribution < -0.4 is 4.74 Å². The molecule has 1 saturated carbocycles. The van der Waals surface area contributed by atoms with E-state index in [-0.39, 0.29) is 11.7 Å². The zero-order chi connectivity index (χ0) is 12.4. The van der Waals surface area contributed by atoms with Gasteiger partial charge < -0.3 is 9.47 Å². The molecule has 3 heteroatoms. The SMILES string of the molecule is Clc1ccc(OCC2CCC3(CCCC3)O2)cc1. The lowest BCUT2D eigenvalue weighted by atomic mass is 9.98. The predicted molar refractivity (Wildman–Crippen MR) is 72.3 cm³/mol. The maximum Gasteiger partial charge on any atom is 0.119 e. The van der Waals surface area contributed by atoms with Crippen molar-refractivity contribution in [3.8, 4) is 5.75 Å². The van der Waals surface area contributed by atoms with E-state index in [0.29, 0.717) is 6.61 Å². The van der Waals surface area contributed by atoms with Crippen LogP contribution in [0.4, 0.5) is 0 Å². The molecule has 18 heavy (non-hydrogen) atoms. The van der Waals surface area contributed by atoms with Crippen molar-refractivity contribution in [3.63, 3.8) is 0 Å². The Morgan fingerprint density at radius 3 is 2.61 bits per heavy atom. The molecule has 1 heterocycles. The van der Waals surface area contributed by atoms with Crippen LogP contribution in [-0.2, 0) is 4.74 Å². The third kappa shape index (κ3) is 2.65. The average molecular weight is 267 g/mol. The summed E-state index contributed by atoms with van der Waals surface area (Å²) >= 11 is 5.84. The molecule has 1 unspecified atom stereocenters. The van der Waals surface area contributed by atoms with Crippen LogP contribution in [0.2, 0.25) is 5.02 Å². The molecular formula is C15H19ClO2. The molecule has 3 rings (SSSR count). The Balaban J connectivity index is 1.51. The van der Waals surface area contributed by atoms with E-state index in [1.54, 1.807) is 0 Å². The van der Waals surface area contributed by atoms with Crippen LogP contribution in [-0.4, -0.2) is 18.3 Å². The van der Waals surface area contributed by atoms with Crippen LogP contribution in [0.3, 0.4) is 0 Å². The lowest BCUT2D eigenvalue weighted by molar-refractivity contribution is -0.0508. The molecule has 2 nitrogen and oxygen atoms in total. The highest BCUT2D eigenvalue weighted by Crippen LogP contribution is 2.43. The second-order valence-electron chi connectivity index (χ2n) is 5.43. The molecule has 2 aliphatic rings. The van der Waals surface area contributed by atoms with E-state index >= 15 is 0 Å². The molecule has 1 atom stereocenters. The summed E-state index contributed by atoms with van der Waals surface area (Å²) in [7, 11) is 0. The highest BCUT2D eigenvalue weighted by Gasteiger charge is 2.42. The molecule has 1 aliphatic carbocycles. The van der Waals surface area contributed by atoms with E-state index < -0.39 is 0 Å². The molecule has 0 aromatic heterocycles. The summed E-state index contributed by atoms with van der Waals surface area (Å²) in [6.45, 7) is 0.656. The molecule has 1 aromatic carbocycles. The van der Waals surface area contributed by atoms with Gasteiger partial charge in [0.05, 0.1) is 11.7 Å². The van der Waals surface area contributed by atoms with E-state index in [1.807, 2.05) is 24.3 Å². The fourth-order valence-electron chi connectivity index (χ4n) is 3.12. The summed E-state index contributed by atoms with van der Waals surface area (Å²) in [5.41, 5.74) is 0.202. The van der Waals surface area contributed by atoms with E-state index in [1.165, 1.54) is 32.1 Å². The van der Waals surface area contributed by atoms with Crippen molar-refractivity contribution in [1.82, 2.24) is 0 Å². The van der Waals surface area contributed by atoms with Gasteiger partial charge in [0.15, 0.2) is 0 Å². The Bertz CT molecular complexity index is 395. The van der Waals surface area contributed by atoms with E-state index in [0.717, 1.165) is 17.2 Å². The summed E-state index contributed by atoms with van der Waals surface area (Å²) in [6.07, 6.45) is 7.73. The first kappa shape index (κ1) is 12.3. The standard InChI is InChI=1S/C15H19ClO2/c16-12-3-5-13(6-4-12)17-11-14-7-10-15(18-14)8-1-2-9-15/h3-6,14H,1-2,7-11H2. The number of halogens is 1. The lowest BCUT2D eigenvalue weighted by Gasteiger charge is -2.23. The monoisotopic (exact) mass is 266 g/mol. The quantitative estimate of drug-likeness (QED) is 0.816. The molecular weight excluding hydrogens is 248 g/mol. The first-order valence-corrected chi connectivity index (χ1v) is 7.20. The number of hydrogen-bond donors (Lipinski definition) is 0. The Labute approximate surface area is 113 Å². The largest absolute Gasteiger partial charge is 0.491 e.